The molecule has 0 fully saturated rings. The van der Waals surface area contributed by atoms with Gasteiger partial charge in [0, 0.05) is 11.3 Å². The molecule has 1 N–H and O–H groups in total. The van der Waals surface area contributed by atoms with Gasteiger partial charge in [-0.05, 0) is 38.5 Å². The number of Topliss-reactive ketones (excluding diaryl/α,β-unsaturated/α-hetero) is 1. The Labute approximate surface area is 140 Å². The number of benzene rings is 1. The van der Waals surface area contributed by atoms with Gasteiger partial charge in [0.2, 0.25) is 5.78 Å². The van der Waals surface area contributed by atoms with Crippen molar-refractivity contribution in [2.75, 3.05) is 13.2 Å². The molecule has 6 nitrogen and oxygen atoms in total. The van der Waals surface area contributed by atoms with Crippen LogP contribution in [0.15, 0.2) is 24.3 Å². The number of esters is 1. The number of hydrogen-bond donors (Lipinski definition) is 1. The summed E-state index contributed by atoms with van der Waals surface area (Å²) in [7, 11) is 0. The molecule has 0 unspecified atom stereocenters. The summed E-state index contributed by atoms with van der Waals surface area (Å²) < 4.78 is 10.4. The van der Waals surface area contributed by atoms with Crippen LogP contribution in [0.4, 0.5) is 0 Å². The Balaban J connectivity index is 2.19. The highest BCUT2D eigenvalue weighted by Crippen LogP contribution is 2.21. The molecule has 0 saturated heterocycles. The van der Waals surface area contributed by atoms with Crippen LogP contribution >= 0.6 is 0 Å². The van der Waals surface area contributed by atoms with E-state index < -0.39 is 5.97 Å². The number of aromatic nitrogens is 1. The van der Waals surface area contributed by atoms with E-state index in [0.717, 1.165) is 0 Å². The summed E-state index contributed by atoms with van der Waals surface area (Å²) in [6.45, 7) is 5.15. The highest BCUT2D eigenvalue weighted by Gasteiger charge is 2.23. The molecule has 1 aromatic heterocycles. The first-order chi connectivity index (χ1) is 11.5. The number of aromatic amines is 1. The Morgan fingerprint density at radius 3 is 2.62 bits per heavy atom. The normalized spacial score (nSPS) is 10.1. The quantitative estimate of drug-likeness (QED) is 0.651. The Morgan fingerprint density at radius 2 is 1.96 bits per heavy atom. The monoisotopic (exact) mass is 326 g/mol. The van der Waals surface area contributed by atoms with Crippen molar-refractivity contribution in [2.24, 2.45) is 0 Å². The molecule has 2 aromatic rings. The lowest BCUT2D eigenvalue weighted by Crippen LogP contribution is -2.14. The standard InChI is InChI=1S/C18H18N2O4/c1-4-23-18(22)17-11(2)16(12(3)20-17)14(21)10-24-15-8-6-5-7-13(15)9-19/h5-8,20H,4,10H2,1-3H3. The first kappa shape index (κ1) is 17.3. The second-order valence-corrected chi connectivity index (χ2v) is 5.17. The summed E-state index contributed by atoms with van der Waals surface area (Å²) in [6, 6.07) is 8.71. The van der Waals surface area contributed by atoms with Gasteiger partial charge in [-0.15, -0.1) is 0 Å². The van der Waals surface area contributed by atoms with Crippen molar-refractivity contribution in [3.05, 3.63) is 52.3 Å². The van der Waals surface area contributed by atoms with Gasteiger partial charge in [0.05, 0.1) is 12.2 Å². The Morgan fingerprint density at radius 1 is 1.25 bits per heavy atom. The predicted octanol–water partition coefficient (Wildman–Crippen LogP) is 2.94. The lowest BCUT2D eigenvalue weighted by atomic mass is 10.1. The van der Waals surface area contributed by atoms with E-state index in [2.05, 4.69) is 4.98 Å². The number of ketones is 1. The Kier molecular flexibility index (Phi) is 5.38. The lowest BCUT2D eigenvalue weighted by Gasteiger charge is -2.07. The second-order valence-electron chi connectivity index (χ2n) is 5.17. The van der Waals surface area contributed by atoms with Crippen molar-refractivity contribution < 1.29 is 19.1 Å². The van der Waals surface area contributed by atoms with Crippen LogP contribution in [0.25, 0.3) is 0 Å². The molecule has 0 radical (unpaired) electrons. The number of nitrogens with zero attached hydrogens (tertiary/aromatic N) is 1. The average Bonchev–Trinajstić information content (AvgIpc) is 2.88. The van der Waals surface area contributed by atoms with Crippen molar-refractivity contribution in [1.82, 2.24) is 4.98 Å². The predicted molar refractivity (Wildman–Crippen MR) is 87.2 cm³/mol. The maximum atomic E-state index is 12.5. The number of para-hydroxylation sites is 1. The molecule has 0 aliphatic carbocycles. The molecule has 124 valence electrons. The third-order valence-electron chi connectivity index (χ3n) is 3.56. The van der Waals surface area contributed by atoms with Gasteiger partial charge in [-0.25, -0.2) is 4.79 Å². The van der Waals surface area contributed by atoms with E-state index >= 15 is 0 Å². The van der Waals surface area contributed by atoms with E-state index in [9.17, 15) is 9.59 Å². The number of ether oxygens (including phenoxy) is 2. The van der Waals surface area contributed by atoms with E-state index in [-0.39, 0.29) is 24.7 Å². The van der Waals surface area contributed by atoms with Crippen molar-refractivity contribution in [2.45, 2.75) is 20.8 Å². The van der Waals surface area contributed by atoms with Crippen LogP contribution in [0.3, 0.4) is 0 Å². The van der Waals surface area contributed by atoms with Gasteiger partial charge in [0.25, 0.3) is 0 Å². The van der Waals surface area contributed by atoms with Crippen molar-refractivity contribution in [3.8, 4) is 11.8 Å². The number of carbonyl (C=O) groups excluding carboxylic acids is 2. The van der Waals surface area contributed by atoms with E-state index in [1.165, 1.54) is 0 Å². The second kappa shape index (κ2) is 7.47. The number of aryl methyl sites for hydroxylation is 1. The first-order valence-electron chi connectivity index (χ1n) is 7.51. The van der Waals surface area contributed by atoms with Gasteiger partial charge < -0.3 is 14.5 Å². The third kappa shape index (κ3) is 3.46. The minimum atomic E-state index is -0.493. The van der Waals surface area contributed by atoms with E-state index in [4.69, 9.17) is 14.7 Å². The number of nitriles is 1. The molecular weight excluding hydrogens is 308 g/mol. The molecule has 2 rings (SSSR count). The number of hydrogen-bond acceptors (Lipinski definition) is 5. The first-order valence-corrected chi connectivity index (χ1v) is 7.51. The molecule has 0 saturated carbocycles. The molecule has 0 bridgehead atoms. The largest absolute Gasteiger partial charge is 0.484 e. The van der Waals surface area contributed by atoms with E-state index in [0.29, 0.717) is 28.1 Å². The molecule has 24 heavy (non-hydrogen) atoms. The lowest BCUT2D eigenvalue weighted by molar-refractivity contribution is 0.0519. The molecule has 0 aliphatic heterocycles. The number of rotatable bonds is 6. The topological polar surface area (TPSA) is 92.2 Å². The summed E-state index contributed by atoms with van der Waals surface area (Å²) in [5, 5.41) is 9.03. The maximum Gasteiger partial charge on any atom is 0.355 e. The van der Waals surface area contributed by atoms with Crippen molar-refractivity contribution in [3.63, 3.8) is 0 Å². The van der Waals surface area contributed by atoms with Gasteiger partial charge in [0.15, 0.2) is 6.61 Å². The van der Waals surface area contributed by atoms with Gasteiger partial charge in [-0.2, -0.15) is 5.26 Å². The molecular formula is C18H18N2O4. The van der Waals surface area contributed by atoms with Crippen LogP contribution in [0.2, 0.25) is 0 Å². The zero-order valence-electron chi connectivity index (χ0n) is 13.8. The zero-order chi connectivity index (χ0) is 17.7. The van der Waals surface area contributed by atoms with Gasteiger partial charge in [0.1, 0.15) is 17.5 Å². The minimum absolute atomic E-state index is 0.222. The molecule has 0 atom stereocenters. The van der Waals surface area contributed by atoms with Crippen LogP contribution in [0, 0.1) is 25.2 Å². The molecule has 0 amide bonds. The molecule has 0 spiro atoms. The fourth-order valence-corrected chi connectivity index (χ4v) is 2.48. The Hall–Kier alpha value is -3.07. The summed E-state index contributed by atoms with van der Waals surface area (Å²) in [6.07, 6.45) is 0. The summed E-state index contributed by atoms with van der Waals surface area (Å²) >= 11 is 0. The van der Waals surface area contributed by atoms with Crippen molar-refractivity contribution >= 4 is 11.8 Å². The third-order valence-corrected chi connectivity index (χ3v) is 3.56. The fourth-order valence-electron chi connectivity index (χ4n) is 2.48. The number of nitrogens with one attached hydrogen (secondary N) is 1. The van der Waals surface area contributed by atoms with E-state index in [1.807, 2.05) is 6.07 Å². The fraction of sp³-hybridized carbons (Fsp3) is 0.278. The zero-order valence-corrected chi connectivity index (χ0v) is 13.8. The summed E-state index contributed by atoms with van der Waals surface area (Å²) in [5.74, 6) is -0.415. The van der Waals surface area contributed by atoms with Crippen LogP contribution in [0.1, 0.15) is 44.6 Å². The van der Waals surface area contributed by atoms with Crippen LogP contribution in [-0.4, -0.2) is 30.0 Å². The van der Waals surface area contributed by atoms with E-state index in [1.54, 1.807) is 45.0 Å². The maximum absolute atomic E-state index is 12.5. The average molecular weight is 326 g/mol. The number of H-pyrrole nitrogens is 1. The van der Waals surface area contributed by atoms with Crippen molar-refractivity contribution in [1.29, 1.82) is 5.26 Å². The summed E-state index contributed by atoms with van der Waals surface area (Å²) in [5.41, 5.74) is 2.16. The number of carbonyl (C=O) groups is 2. The molecule has 1 aromatic carbocycles. The minimum Gasteiger partial charge on any atom is -0.484 e. The molecule has 6 heteroatoms. The highest BCUT2D eigenvalue weighted by molar-refractivity contribution is 6.03. The van der Waals surface area contributed by atoms with Gasteiger partial charge >= 0.3 is 5.97 Å². The van der Waals surface area contributed by atoms with Crippen LogP contribution in [-0.2, 0) is 4.74 Å². The Bertz CT molecular complexity index is 815. The SMILES string of the molecule is CCOC(=O)c1[nH]c(C)c(C(=O)COc2ccccc2C#N)c1C. The van der Waals surface area contributed by atoms with Gasteiger partial charge in [-0.1, -0.05) is 12.1 Å². The highest BCUT2D eigenvalue weighted by atomic mass is 16.5. The van der Waals surface area contributed by atoms with Crippen LogP contribution < -0.4 is 4.74 Å². The molecule has 0 aliphatic rings. The summed E-state index contributed by atoms with van der Waals surface area (Å²) in [4.78, 5) is 27.3. The van der Waals surface area contributed by atoms with Gasteiger partial charge in [-0.3, -0.25) is 4.79 Å². The smallest absolute Gasteiger partial charge is 0.355 e. The van der Waals surface area contributed by atoms with Crippen LogP contribution in [0.5, 0.6) is 5.75 Å². The molecule has 1 heterocycles.